The molecule has 1 rings (SSSR count). The van der Waals surface area contributed by atoms with Crippen LogP contribution in [-0.2, 0) is 0 Å². The van der Waals surface area contributed by atoms with Crippen LogP contribution >= 0.6 is 11.6 Å². The van der Waals surface area contributed by atoms with Crippen LogP contribution in [0.15, 0.2) is 18.3 Å². The molecule has 1 aromatic rings. The number of hydrogen-bond acceptors (Lipinski definition) is 2. The quantitative estimate of drug-likeness (QED) is 0.756. The standard InChI is InChI=1S/C10H12ClNO/c1-8-6-9(4-2-3-5-13)7-12-10(8)11/h2,4,6-7,13H,3,5H2,1H3. The molecule has 1 N–H and O–H groups in total. The lowest BCUT2D eigenvalue weighted by molar-refractivity contribution is 0.303. The van der Waals surface area contributed by atoms with Gasteiger partial charge in [-0.05, 0) is 30.5 Å². The third-order valence-corrected chi connectivity index (χ3v) is 2.04. The van der Waals surface area contributed by atoms with E-state index in [9.17, 15) is 0 Å². The van der Waals surface area contributed by atoms with E-state index in [-0.39, 0.29) is 6.61 Å². The first-order valence-electron chi connectivity index (χ1n) is 4.13. The maximum Gasteiger partial charge on any atom is 0.131 e. The number of nitrogens with zero attached hydrogens (tertiary/aromatic N) is 1. The molecule has 1 aromatic heterocycles. The van der Waals surface area contributed by atoms with E-state index in [0.29, 0.717) is 11.6 Å². The van der Waals surface area contributed by atoms with E-state index < -0.39 is 0 Å². The second kappa shape index (κ2) is 5.00. The Morgan fingerprint density at radius 1 is 1.62 bits per heavy atom. The minimum atomic E-state index is 0.177. The highest BCUT2D eigenvalue weighted by Crippen LogP contribution is 2.13. The van der Waals surface area contributed by atoms with E-state index in [4.69, 9.17) is 16.7 Å². The summed E-state index contributed by atoms with van der Waals surface area (Å²) in [5.74, 6) is 0. The molecule has 0 radical (unpaired) electrons. The van der Waals surface area contributed by atoms with E-state index in [0.717, 1.165) is 11.1 Å². The van der Waals surface area contributed by atoms with Gasteiger partial charge < -0.3 is 5.11 Å². The number of halogens is 1. The van der Waals surface area contributed by atoms with Crippen molar-refractivity contribution >= 4 is 17.7 Å². The number of aliphatic hydroxyl groups excluding tert-OH is 1. The van der Waals surface area contributed by atoms with Gasteiger partial charge in [0.2, 0.25) is 0 Å². The SMILES string of the molecule is Cc1cc(C=CCCO)cnc1Cl. The normalized spacial score (nSPS) is 11.0. The van der Waals surface area contributed by atoms with Gasteiger partial charge in [0.05, 0.1) is 0 Å². The van der Waals surface area contributed by atoms with Gasteiger partial charge in [-0.3, -0.25) is 0 Å². The summed E-state index contributed by atoms with van der Waals surface area (Å²) >= 11 is 5.77. The second-order valence-corrected chi connectivity index (χ2v) is 3.15. The molecule has 2 nitrogen and oxygen atoms in total. The molecule has 70 valence electrons. The molecule has 13 heavy (non-hydrogen) atoms. The largest absolute Gasteiger partial charge is 0.396 e. The van der Waals surface area contributed by atoms with E-state index in [1.165, 1.54) is 0 Å². The molecule has 0 amide bonds. The molecule has 0 saturated carbocycles. The van der Waals surface area contributed by atoms with Crippen LogP contribution in [-0.4, -0.2) is 16.7 Å². The first kappa shape index (κ1) is 10.2. The summed E-state index contributed by atoms with van der Waals surface area (Å²) in [6.45, 7) is 2.09. The van der Waals surface area contributed by atoms with E-state index in [2.05, 4.69) is 4.98 Å². The number of aromatic nitrogens is 1. The summed E-state index contributed by atoms with van der Waals surface area (Å²) in [7, 11) is 0. The van der Waals surface area contributed by atoms with Crippen LogP contribution in [0, 0.1) is 6.92 Å². The van der Waals surface area contributed by atoms with Crippen LogP contribution in [0.5, 0.6) is 0 Å². The fraction of sp³-hybridized carbons (Fsp3) is 0.300. The minimum Gasteiger partial charge on any atom is -0.396 e. The predicted octanol–water partition coefficient (Wildman–Crippen LogP) is 2.44. The van der Waals surface area contributed by atoms with E-state index >= 15 is 0 Å². The summed E-state index contributed by atoms with van der Waals surface area (Å²) < 4.78 is 0. The van der Waals surface area contributed by atoms with Crippen molar-refractivity contribution < 1.29 is 5.11 Å². The zero-order valence-corrected chi connectivity index (χ0v) is 8.25. The van der Waals surface area contributed by atoms with Crippen molar-refractivity contribution in [3.05, 3.63) is 34.6 Å². The van der Waals surface area contributed by atoms with Gasteiger partial charge in [-0.2, -0.15) is 0 Å². The smallest absolute Gasteiger partial charge is 0.131 e. The van der Waals surface area contributed by atoms with Crippen molar-refractivity contribution in [2.75, 3.05) is 6.61 Å². The Labute approximate surface area is 82.9 Å². The maximum absolute atomic E-state index is 8.55. The molecule has 0 aliphatic carbocycles. The van der Waals surface area contributed by atoms with Crippen molar-refractivity contribution in [1.82, 2.24) is 4.98 Å². The molecule has 0 bridgehead atoms. The van der Waals surface area contributed by atoms with Crippen LogP contribution < -0.4 is 0 Å². The highest BCUT2D eigenvalue weighted by molar-refractivity contribution is 6.30. The lowest BCUT2D eigenvalue weighted by Crippen LogP contribution is -1.83. The lowest BCUT2D eigenvalue weighted by atomic mass is 10.2. The number of aliphatic hydroxyl groups is 1. The average molecular weight is 198 g/mol. The molecular weight excluding hydrogens is 186 g/mol. The first-order valence-corrected chi connectivity index (χ1v) is 4.51. The van der Waals surface area contributed by atoms with Crippen LogP contribution in [0.2, 0.25) is 5.15 Å². The molecule has 0 spiro atoms. The highest BCUT2D eigenvalue weighted by atomic mass is 35.5. The Bertz CT molecular complexity index is 310. The summed E-state index contributed by atoms with van der Waals surface area (Å²) in [4.78, 5) is 4.01. The third kappa shape index (κ3) is 3.17. The molecule has 0 atom stereocenters. The molecular formula is C10H12ClNO. The Hall–Kier alpha value is -0.860. The van der Waals surface area contributed by atoms with Crippen molar-refractivity contribution in [1.29, 1.82) is 0 Å². The van der Waals surface area contributed by atoms with Gasteiger partial charge in [0.25, 0.3) is 0 Å². The summed E-state index contributed by atoms with van der Waals surface area (Å²) in [6.07, 6.45) is 6.21. The van der Waals surface area contributed by atoms with E-state index in [1.54, 1.807) is 6.20 Å². The van der Waals surface area contributed by atoms with Crippen LogP contribution in [0.25, 0.3) is 6.08 Å². The van der Waals surface area contributed by atoms with Gasteiger partial charge in [-0.15, -0.1) is 0 Å². The van der Waals surface area contributed by atoms with Crippen molar-refractivity contribution in [3.63, 3.8) is 0 Å². The van der Waals surface area contributed by atoms with Gasteiger partial charge >= 0.3 is 0 Å². The van der Waals surface area contributed by atoms with Gasteiger partial charge in [-0.25, -0.2) is 4.98 Å². The molecule has 0 unspecified atom stereocenters. The molecule has 0 aliphatic rings. The Morgan fingerprint density at radius 2 is 2.38 bits per heavy atom. The van der Waals surface area contributed by atoms with Gasteiger partial charge in [-0.1, -0.05) is 23.8 Å². The molecule has 0 saturated heterocycles. The fourth-order valence-electron chi connectivity index (χ4n) is 0.965. The second-order valence-electron chi connectivity index (χ2n) is 2.79. The number of pyridine rings is 1. The zero-order chi connectivity index (χ0) is 9.68. The molecule has 0 aromatic carbocycles. The number of aryl methyl sites for hydroxylation is 1. The number of rotatable bonds is 3. The maximum atomic E-state index is 8.55. The van der Waals surface area contributed by atoms with Gasteiger partial charge in [0.1, 0.15) is 5.15 Å². The Balaban J connectivity index is 2.73. The number of hydrogen-bond donors (Lipinski definition) is 1. The van der Waals surface area contributed by atoms with Crippen molar-refractivity contribution in [3.8, 4) is 0 Å². The minimum absolute atomic E-state index is 0.177. The first-order chi connectivity index (χ1) is 6.24. The van der Waals surface area contributed by atoms with Gasteiger partial charge in [0.15, 0.2) is 0 Å². The van der Waals surface area contributed by atoms with Crippen molar-refractivity contribution in [2.45, 2.75) is 13.3 Å². The third-order valence-electron chi connectivity index (χ3n) is 1.64. The van der Waals surface area contributed by atoms with Crippen molar-refractivity contribution in [2.24, 2.45) is 0 Å². The van der Waals surface area contributed by atoms with Crippen LogP contribution in [0.3, 0.4) is 0 Å². The lowest BCUT2D eigenvalue weighted by Gasteiger charge is -1.97. The summed E-state index contributed by atoms with van der Waals surface area (Å²) in [5, 5.41) is 9.10. The van der Waals surface area contributed by atoms with E-state index in [1.807, 2.05) is 25.1 Å². The van der Waals surface area contributed by atoms with Crippen LogP contribution in [0.1, 0.15) is 17.5 Å². The Morgan fingerprint density at radius 3 is 3.00 bits per heavy atom. The topological polar surface area (TPSA) is 33.1 Å². The summed E-state index contributed by atoms with van der Waals surface area (Å²) in [6, 6.07) is 1.96. The molecule has 3 heteroatoms. The van der Waals surface area contributed by atoms with Gasteiger partial charge in [0, 0.05) is 12.8 Å². The molecule has 0 fully saturated rings. The summed E-state index contributed by atoms with van der Waals surface area (Å²) in [5.41, 5.74) is 1.98. The monoisotopic (exact) mass is 197 g/mol. The molecule has 0 aliphatic heterocycles. The fourth-order valence-corrected chi connectivity index (χ4v) is 1.07. The zero-order valence-electron chi connectivity index (χ0n) is 7.50. The highest BCUT2D eigenvalue weighted by Gasteiger charge is 1.95. The predicted molar refractivity (Wildman–Crippen MR) is 54.7 cm³/mol. The Kier molecular flexibility index (Phi) is 3.93. The average Bonchev–Trinajstić information content (AvgIpc) is 2.12. The van der Waals surface area contributed by atoms with Crippen LogP contribution in [0.4, 0.5) is 0 Å². The molecule has 1 heterocycles.